The van der Waals surface area contributed by atoms with Crippen molar-refractivity contribution in [1.82, 2.24) is 5.32 Å². The van der Waals surface area contributed by atoms with E-state index in [4.69, 9.17) is 9.47 Å². The molecule has 0 aromatic heterocycles. The van der Waals surface area contributed by atoms with Crippen molar-refractivity contribution in [2.75, 3.05) is 24.3 Å². The highest BCUT2D eigenvalue weighted by Crippen LogP contribution is 2.34. The molecule has 7 heteroatoms. The molecule has 2 aliphatic heterocycles. The number of hydrogen-bond acceptors (Lipinski definition) is 5. The predicted octanol–water partition coefficient (Wildman–Crippen LogP) is 3.38. The SMILES string of the molecule is CCC(NC(=O)c1ccc2c(c1)NC(=O)CS2)c1ccc2c(c1)OCCO2. The van der Waals surface area contributed by atoms with E-state index in [9.17, 15) is 9.59 Å². The van der Waals surface area contributed by atoms with Gasteiger partial charge in [-0.1, -0.05) is 13.0 Å². The number of anilines is 1. The molecule has 0 spiro atoms. The number of benzene rings is 2. The van der Waals surface area contributed by atoms with Gasteiger partial charge in [0, 0.05) is 10.5 Å². The standard InChI is InChI=1S/C20H20N2O4S/c1-2-14(12-3-5-16-17(10-12)26-8-7-25-16)22-20(24)13-4-6-18-15(9-13)21-19(23)11-27-18/h3-6,9-10,14H,2,7-8,11H2,1H3,(H,21,23)(H,22,24). The van der Waals surface area contributed by atoms with E-state index in [0.29, 0.717) is 36.0 Å². The summed E-state index contributed by atoms with van der Waals surface area (Å²) in [6.45, 7) is 3.09. The zero-order valence-corrected chi connectivity index (χ0v) is 15.7. The highest BCUT2D eigenvalue weighted by molar-refractivity contribution is 8.00. The quantitative estimate of drug-likeness (QED) is 0.845. The Labute approximate surface area is 161 Å². The Morgan fingerprint density at radius 3 is 2.81 bits per heavy atom. The molecule has 0 saturated heterocycles. The lowest BCUT2D eigenvalue weighted by Gasteiger charge is -2.23. The smallest absolute Gasteiger partial charge is 0.251 e. The van der Waals surface area contributed by atoms with Gasteiger partial charge in [-0.05, 0) is 42.3 Å². The summed E-state index contributed by atoms with van der Waals surface area (Å²) in [4.78, 5) is 25.3. The number of hydrogen-bond donors (Lipinski definition) is 2. The minimum atomic E-state index is -0.177. The molecule has 2 aromatic rings. The molecule has 2 aromatic carbocycles. The van der Waals surface area contributed by atoms with Crippen LogP contribution in [0.3, 0.4) is 0 Å². The number of rotatable bonds is 4. The van der Waals surface area contributed by atoms with Crippen molar-refractivity contribution in [3.8, 4) is 11.5 Å². The third-order valence-electron chi connectivity index (χ3n) is 4.56. The van der Waals surface area contributed by atoms with Crippen LogP contribution in [0.4, 0.5) is 5.69 Å². The highest BCUT2D eigenvalue weighted by atomic mass is 32.2. The van der Waals surface area contributed by atoms with Crippen molar-refractivity contribution in [1.29, 1.82) is 0 Å². The second-order valence-corrected chi connectivity index (χ2v) is 7.40. The molecule has 0 bridgehead atoms. The Balaban J connectivity index is 1.52. The Hall–Kier alpha value is -2.67. The van der Waals surface area contributed by atoms with E-state index in [-0.39, 0.29) is 17.9 Å². The Bertz CT molecular complexity index is 900. The van der Waals surface area contributed by atoms with Gasteiger partial charge in [0.25, 0.3) is 5.91 Å². The summed E-state index contributed by atoms with van der Waals surface area (Å²) in [5.41, 5.74) is 2.18. The Morgan fingerprint density at radius 2 is 2.00 bits per heavy atom. The minimum absolute atomic E-state index is 0.0484. The lowest BCUT2D eigenvalue weighted by Crippen LogP contribution is -2.28. The number of thioether (sulfide) groups is 1. The molecular formula is C20H20N2O4S. The molecule has 0 fully saturated rings. The van der Waals surface area contributed by atoms with Crippen LogP contribution in [0.15, 0.2) is 41.3 Å². The van der Waals surface area contributed by atoms with Crippen LogP contribution in [-0.2, 0) is 4.79 Å². The van der Waals surface area contributed by atoms with E-state index >= 15 is 0 Å². The number of amides is 2. The van der Waals surface area contributed by atoms with Crippen molar-refractivity contribution >= 4 is 29.3 Å². The van der Waals surface area contributed by atoms with Gasteiger partial charge in [-0.25, -0.2) is 0 Å². The van der Waals surface area contributed by atoms with Crippen LogP contribution < -0.4 is 20.1 Å². The predicted molar refractivity (Wildman–Crippen MR) is 104 cm³/mol. The van der Waals surface area contributed by atoms with Crippen molar-refractivity contribution < 1.29 is 19.1 Å². The molecular weight excluding hydrogens is 364 g/mol. The normalized spacial score (nSPS) is 16.1. The summed E-state index contributed by atoms with van der Waals surface area (Å²) in [7, 11) is 0. The zero-order valence-electron chi connectivity index (χ0n) is 14.9. The first-order chi connectivity index (χ1) is 13.1. The van der Waals surface area contributed by atoms with Gasteiger partial charge in [-0.2, -0.15) is 0 Å². The average Bonchev–Trinajstić information content (AvgIpc) is 2.70. The molecule has 2 N–H and O–H groups in total. The van der Waals surface area contributed by atoms with Gasteiger partial charge in [-0.3, -0.25) is 9.59 Å². The fourth-order valence-corrected chi connectivity index (χ4v) is 3.95. The molecule has 6 nitrogen and oxygen atoms in total. The van der Waals surface area contributed by atoms with Gasteiger partial charge in [0.05, 0.1) is 17.5 Å². The zero-order chi connectivity index (χ0) is 18.8. The third kappa shape index (κ3) is 3.73. The first-order valence-corrected chi connectivity index (χ1v) is 9.89. The molecule has 2 amide bonds. The van der Waals surface area contributed by atoms with Crippen molar-refractivity contribution in [2.24, 2.45) is 0 Å². The second-order valence-electron chi connectivity index (χ2n) is 6.39. The molecule has 140 valence electrons. The van der Waals surface area contributed by atoms with Gasteiger partial charge in [0.2, 0.25) is 5.91 Å². The van der Waals surface area contributed by atoms with E-state index in [0.717, 1.165) is 22.6 Å². The van der Waals surface area contributed by atoms with Crippen LogP contribution in [0, 0.1) is 0 Å². The maximum atomic E-state index is 12.8. The second kappa shape index (κ2) is 7.52. The van der Waals surface area contributed by atoms with Crippen molar-refractivity contribution in [3.05, 3.63) is 47.5 Å². The van der Waals surface area contributed by atoms with Gasteiger partial charge < -0.3 is 20.1 Å². The van der Waals surface area contributed by atoms with Crippen LogP contribution in [0.25, 0.3) is 0 Å². The van der Waals surface area contributed by atoms with E-state index in [1.54, 1.807) is 12.1 Å². The summed E-state index contributed by atoms with van der Waals surface area (Å²) in [5.74, 6) is 1.62. The fraction of sp³-hybridized carbons (Fsp3) is 0.300. The number of fused-ring (bicyclic) bond motifs is 2. The molecule has 0 aliphatic carbocycles. The third-order valence-corrected chi connectivity index (χ3v) is 5.63. The van der Waals surface area contributed by atoms with Crippen LogP contribution in [0.2, 0.25) is 0 Å². The Kier molecular flexibility index (Phi) is 4.94. The van der Waals surface area contributed by atoms with E-state index in [2.05, 4.69) is 10.6 Å². The Morgan fingerprint density at radius 1 is 1.19 bits per heavy atom. The van der Waals surface area contributed by atoms with E-state index < -0.39 is 0 Å². The molecule has 0 saturated carbocycles. The maximum Gasteiger partial charge on any atom is 0.251 e. The van der Waals surface area contributed by atoms with Crippen molar-refractivity contribution in [3.63, 3.8) is 0 Å². The van der Waals surface area contributed by atoms with Crippen LogP contribution >= 0.6 is 11.8 Å². The average molecular weight is 384 g/mol. The minimum Gasteiger partial charge on any atom is -0.486 e. The highest BCUT2D eigenvalue weighted by Gasteiger charge is 2.20. The molecule has 27 heavy (non-hydrogen) atoms. The summed E-state index contributed by atoms with van der Waals surface area (Å²) in [5, 5.41) is 5.89. The van der Waals surface area contributed by atoms with Gasteiger partial charge in [-0.15, -0.1) is 11.8 Å². The molecule has 4 rings (SSSR count). The lowest BCUT2D eigenvalue weighted by molar-refractivity contribution is -0.113. The number of carbonyl (C=O) groups is 2. The summed E-state index contributed by atoms with van der Waals surface area (Å²) >= 11 is 1.48. The van der Waals surface area contributed by atoms with E-state index in [1.807, 2.05) is 31.2 Å². The fourth-order valence-electron chi connectivity index (χ4n) is 3.16. The topological polar surface area (TPSA) is 76.7 Å². The maximum absolute atomic E-state index is 12.8. The van der Waals surface area contributed by atoms with Gasteiger partial charge in [0.1, 0.15) is 13.2 Å². The van der Waals surface area contributed by atoms with Crippen LogP contribution in [0.5, 0.6) is 11.5 Å². The molecule has 1 atom stereocenters. The molecule has 1 unspecified atom stereocenters. The molecule has 0 radical (unpaired) electrons. The lowest BCUT2D eigenvalue weighted by atomic mass is 10.0. The van der Waals surface area contributed by atoms with Gasteiger partial charge in [0.15, 0.2) is 11.5 Å². The largest absolute Gasteiger partial charge is 0.486 e. The van der Waals surface area contributed by atoms with Gasteiger partial charge >= 0.3 is 0 Å². The first kappa shape index (κ1) is 17.7. The number of nitrogens with one attached hydrogen (secondary N) is 2. The number of carbonyl (C=O) groups excluding carboxylic acids is 2. The van der Waals surface area contributed by atoms with Crippen LogP contribution in [0.1, 0.15) is 35.3 Å². The van der Waals surface area contributed by atoms with Crippen molar-refractivity contribution in [2.45, 2.75) is 24.3 Å². The summed E-state index contributed by atoms with van der Waals surface area (Å²) < 4.78 is 11.2. The molecule has 2 heterocycles. The van der Waals surface area contributed by atoms with Crippen LogP contribution in [-0.4, -0.2) is 30.8 Å². The monoisotopic (exact) mass is 384 g/mol. The summed E-state index contributed by atoms with van der Waals surface area (Å²) in [6.07, 6.45) is 0.739. The number of ether oxygens (including phenoxy) is 2. The van der Waals surface area contributed by atoms with E-state index in [1.165, 1.54) is 11.8 Å². The first-order valence-electron chi connectivity index (χ1n) is 8.91. The molecule has 2 aliphatic rings. The summed E-state index contributed by atoms with van der Waals surface area (Å²) in [6, 6.07) is 11.0.